The molecule has 4 rings (SSSR count). The van der Waals surface area contributed by atoms with Gasteiger partial charge >= 0.3 is 0 Å². The third-order valence-electron chi connectivity index (χ3n) is 4.38. The summed E-state index contributed by atoms with van der Waals surface area (Å²) < 4.78 is 32.0. The molecule has 136 valence electrons. The summed E-state index contributed by atoms with van der Waals surface area (Å²) in [6, 6.07) is 13.9. The first-order valence-electron chi connectivity index (χ1n) is 8.22. The molecule has 0 aliphatic carbocycles. The fourth-order valence-corrected chi connectivity index (χ4v) is 3.07. The van der Waals surface area contributed by atoms with Gasteiger partial charge in [-0.05, 0) is 48.5 Å². The zero-order valence-electron chi connectivity index (χ0n) is 14.3. The van der Waals surface area contributed by atoms with Crippen molar-refractivity contribution in [2.45, 2.75) is 6.17 Å². The summed E-state index contributed by atoms with van der Waals surface area (Å²) in [5, 5.41) is 3.08. The molecule has 1 amide bonds. The maximum absolute atomic E-state index is 13.6. The van der Waals surface area contributed by atoms with E-state index in [4.69, 9.17) is 4.74 Å². The van der Waals surface area contributed by atoms with Crippen LogP contribution in [0.25, 0.3) is 0 Å². The van der Waals surface area contributed by atoms with Crippen molar-refractivity contribution in [2.24, 2.45) is 0 Å². The predicted molar refractivity (Wildman–Crippen MR) is 96.8 cm³/mol. The molecule has 0 fully saturated rings. The topological polar surface area (TPSA) is 54.5 Å². The van der Waals surface area contributed by atoms with Gasteiger partial charge in [0, 0.05) is 23.6 Å². The Morgan fingerprint density at radius 1 is 1.07 bits per heavy atom. The van der Waals surface area contributed by atoms with E-state index in [-0.39, 0.29) is 5.91 Å². The largest absolute Gasteiger partial charge is 0.497 e. The van der Waals surface area contributed by atoms with Crippen LogP contribution >= 0.6 is 0 Å². The Morgan fingerprint density at radius 2 is 1.85 bits per heavy atom. The van der Waals surface area contributed by atoms with Gasteiger partial charge in [-0.15, -0.1) is 0 Å². The molecule has 2 aromatic carbocycles. The summed E-state index contributed by atoms with van der Waals surface area (Å²) >= 11 is 0. The highest BCUT2D eigenvalue weighted by atomic mass is 19.2. The van der Waals surface area contributed by atoms with E-state index in [2.05, 4.69) is 10.3 Å². The summed E-state index contributed by atoms with van der Waals surface area (Å²) in [5.41, 5.74) is 1.93. The average Bonchev–Trinajstić information content (AvgIpc) is 2.97. The van der Waals surface area contributed by atoms with Gasteiger partial charge in [-0.25, -0.2) is 8.78 Å². The van der Waals surface area contributed by atoms with Crippen LogP contribution < -0.4 is 15.0 Å². The quantitative estimate of drug-likeness (QED) is 0.753. The van der Waals surface area contributed by atoms with Crippen LogP contribution in [0.3, 0.4) is 0 Å². The Labute approximate surface area is 154 Å². The second-order valence-corrected chi connectivity index (χ2v) is 5.99. The van der Waals surface area contributed by atoms with E-state index in [0.717, 1.165) is 12.1 Å². The molecule has 7 heteroatoms. The number of hydrogen-bond acceptors (Lipinski definition) is 4. The molecule has 2 heterocycles. The fraction of sp³-hybridized carbons (Fsp3) is 0.100. The standard InChI is InChI=1S/C20H15F2N3O2/c1-27-14-7-5-13(6-8-14)25-19(18-15(20(25)26)3-2-10-23-18)24-12-4-9-16(21)17(22)11-12/h2-11,19,24H,1H3/t19-/m1/s1. The summed E-state index contributed by atoms with van der Waals surface area (Å²) in [7, 11) is 1.56. The van der Waals surface area contributed by atoms with Crippen molar-refractivity contribution in [3.63, 3.8) is 0 Å². The number of anilines is 2. The number of fused-ring (bicyclic) bond motifs is 1. The van der Waals surface area contributed by atoms with Gasteiger partial charge in [0.1, 0.15) is 5.75 Å². The highest BCUT2D eigenvalue weighted by molar-refractivity contribution is 6.11. The molecule has 1 atom stereocenters. The van der Waals surface area contributed by atoms with Gasteiger partial charge in [0.05, 0.1) is 18.4 Å². The Balaban J connectivity index is 1.76. The lowest BCUT2D eigenvalue weighted by Crippen LogP contribution is -2.32. The average molecular weight is 367 g/mol. The number of benzene rings is 2. The molecule has 5 nitrogen and oxygen atoms in total. The molecule has 1 aliphatic heterocycles. The minimum Gasteiger partial charge on any atom is -0.497 e. The molecule has 0 radical (unpaired) electrons. The lowest BCUT2D eigenvalue weighted by atomic mass is 10.2. The molecule has 0 bridgehead atoms. The van der Waals surface area contributed by atoms with Crippen LogP contribution in [0.1, 0.15) is 22.2 Å². The third-order valence-corrected chi connectivity index (χ3v) is 4.38. The van der Waals surface area contributed by atoms with E-state index in [1.807, 2.05) is 0 Å². The van der Waals surface area contributed by atoms with E-state index >= 15 is 0 Å². The molecule has 3 aromatic rings. The van der Waals surface area contributed by atoms with E-state index in [1.165, 1.54) is 11.0 Å². The first kappa shape index (κ1) is 17.0. The van der Waals surface area contributed by atoms with Crippen LogP contribution in [-0.4, -0.2) is 18.0 Å². The third kappa shape index (κ3) is 2.97. The molecule has 0 saturated carbocycles. The number of nitrogens with one attached hydrogen (secondary N) is 1. The number of carbonyl (C=O) groups excluding carboxylic acids is 1. The molecule has 1 N–H and O–H groups in total. The second-order valence-electron chi connectivity index (χ2n) is 5.99. The van der Waals surface area contributed by atoms with Crippen LogP contribution in [0.2, 0.25) is 0 Å². The van der Waals surface area contributed by atoms with Crippen molar-refractivity contribution >= 4 is 17.3 Å². The van der Waals surface area contributed by atoms with E-state index in [1.54, 1.807) is 49.7 Å². The van der Waals surface area contributed by atoms with Gasteiger partial charge in [-0.2, -0.15) is 0 Å². The fourth-order valence-electron chi connectivity index (χ4n) is 3.07. The van der Waals surface area contributed by atoms with Gasteiger partial charge in [-0.3, -0.25) is 14.7 Å². The molecular weight excluding hydrogens is 352 g/mol. The van der Waals surface area contributed by atoms with Crippen molar-refractivity contribution in [3.8, 4) is 5.75 Å². The van der Waals surface area contributed by atoms with E-state index in [9.17, 15) is 13.6 Å². The van der Waals surface area contributed by atoms with Crippen LogP contribution in [-0.2, 0) is 0 Å². The smallest absolute Gasteiger partial charge is 0.262 e. The lowest BCUT2D eigenvalue weighted by Gasteiger charge is -2.26. The molecule has 0 saturated heterocycles. The summed E-state index contributed by atoms with van der Waals surface area (Å²) in [5.74, 6) is -1.48. The predicted octanol–water partition coefficient (Wildman–Crippen LogP) is 4.14. The Hall–Kier alpha value is -3.48. The maximum Gasteiger partial charge on any atom is 0.262 e. The van der Waals surface area contributed by atoms with E-state index < -0.39 is 17.8 Å². The zero-order valence-corrected chi connectivity index (χ0v) is 14.3. The van der Waals surface area contributed by atoms with Gasteiger partial charge in [0.25, 0.3) is 5.91 Å². The summed E-state index contributed by atoms with van der Waals surface area (Å²) in [6.45, 7) is 0. The highest BCUT2D eigenvalue weighted by Gasteiger charge is 2.39. The number of aromatic nitrogens is 1. The first-order valence-corrected chi connectivity index (χ1v) is 8.22. The number of halogens is 2. The van der Waals surface area contributed by atoms with Gasteiger partial charge in [0.15, 0.2) is 17.8 Å². The Bertz CT molecular complexity index is 1010. The van der Waals surface area contributed by atoms with Crippen molar-refractivity contribution in [2.75, 3.05) is 17.3 Å². The monoisotopic (exact) mass is 367 g/mol. The minimum absolute atomic E-state index is 0.233. The molecule has 0 spiro atoms. The molecular formula is C20H15F2N3O2. The van der Waals surface area contributed by atoms with Crippen LogP contribution in [0.5, 0.6) is 5.75 Å². The van der Waals surface area contributed by atoms with Crippen LogP contribution in [0, 0.1) is 11.6 Å². The van der Waals surface area contributed by atoms with Crippen molar-refractivity contribution in [1.29, 1.82) is 0 Å². The number of pyridine rings is 1. The van der Waals surface area contributed by atoms with Crippen LogP contribution in [0.15, 0.2) is 60.8 Å². The number of carbonyl (C=O) groups is 1. The normalized spacial score (nSPS) is 15.6. The van der Waals surface area contributed by atoms with E-state index in [0.29, 0.717) is 28.4 Å². The second kappa shape index (κ2) is 6.68. The zero-order chi connectivity index (χ0) is 19.0. The molecule has 1 aromatic heterocycles. The number of rotatable bonds is 4. The Kier molecular flexibility index (Phi) is 4.19. The van der Waals surface area contributed by atoms with Crippen molar-refractivity contribution in [3.05, 3.63) is 83.7 Å². The van der Waals surface area contributed by atoms with Gasteiger partial charge in [0.2, 0.25) is 0 Å². The first-order chi connectivity index (χ1) is 13.1. The number of ether oxygens (including phenoxy) is 1. The summed E-state index contributed by atoms with van der Waals surface area (Å²) in [4.78, 5) is 18.8. The van der Waals surface area contributed by atoms with Gasteiger partial charge < -0.3 is 10.1 Å². The summed E-state index contributed by atoms with van der Waals surface area (Å²) in [6.07, 6.45) is 0.927. The van der Waals surface area contributed by atoms with Crippen molar-refractivity contribution < 1.29 is 18.3 Å². The lowest BCUT2D eigenvalue weighted by molar-refractivity contribution is 0.0993. The number of nitrogens with zero attached hydrogens (tertiary/aromatic N) is 2. The van der Waals surface area contributed by atoms with Crippen molar-refractivity contribution in [1.82, 2.24) is 4.98 Å². The number of hydrogen-bond donors (Lipinski definition) is 1. The molecule has 27 heavy (non-hydrogen) atoms. The van der Waals surface area contributed by atoms with Crippen LogP contribution in [0.4, 0.5) is 20.2 Å². The SMILES string of the molecule is COc1ccc(N2C(=O)c3cccnc3[C@@H]2Nc2ccc(F)c(F)c2)cc1. The molecule has 1 aliphatic rings. The van der Waals surface area contributed by atoms with Gasteiger partial charge in [-0.1, -0.05) is 0 Å². The molecule has 0 unspecified atom stereocenters. The Morgan fingerprint density at radius 3 is 2.56 bits per heavy atom. The number of amides is 1. The maximum atomic E-state index is 13.6. The number of methoxy groups -OCH3 is 1. The highest BCUT2D eigenvalue weighted by Crippen LogP contribution is 2.37. The minimum atomic E-state index is -0.971.